The van der Waals surface area contributed by atoms with Gasteiger partial charge in [0.2, 0.25) is 5.95 Å². The van der Waals surface area contributed by atoms with Crippen molar-refractivity contribution in [3.63, 3.8) is 0 Å². The van der Waals surface area contributed by atoms with E-state index in [0.717, 1.165) is 44.4 Å². The Balaban J connectivity index is 1.84. The number of allylic oxidation sites excluding steroid dienone is 1. The highest BCUT2D eigenvalue weighted by Crippen LogP contribution is 2.35. The third-order valence-corrected chi connectivity index (χ3v) is 5.41. The SMILES string of the molecule is C/C(C#N)=C\c1cc(C)c(-c2cccc3c(N)nc(Nc4ccc(C#N)cc4)nc23)c(C)c1. The van der Waals surface area contributed by atoms with E-state index in [0.29, 0.717) is 22.9 Å². The van der Waals surface area contributed by atoms with Crippen molar-refractivity contribution in [3.05, 3.63) is 82.4 Å². The van der Waals surface area contributed by atoms with Crippen LogP contribution in [-0.4, -0.2) is 9.97 Å². The molecule has 0 fully saturated rings. The largest absolute Gasteiger partial charge is 0.383 e. The first-order valence-electron chi connectivity index (χ1n) is 10.4. The highest BCUT2D eigenvalue weighted by atomic mass is 15.1. The fourth-order valence-electron chi connectivity index (χ4n) is 3.98. The van der Waals surface area contributed by atoms with E-state index in [-0.39, 0.29) is 0 Å². The molecule has 0 atom stereocenters. The zero-order valence-electron chi connectivity index (χ0n) is 18.6. The second-order valence-electron chi connectivity index (χ2n) is 7.92. The average Bonchev–Trinajstić information content (AvgIpc) is 2.79. The number of nitrogens with one attached hydrogen (secondary N) is 1. The molecule has 3 aromatic carbocycles. The molecule has 160 valence electrons. The Kier molecular flexibility index (Phi) is 5.76. The Morgan fingerprint density at radius 1 is 1.00 bits per heavy atom. The van der Waals surface area contributed by atoms with Crippen LogP contribution in [0.1, 0.15) is 29.2 Å². The van der Waals surface area contributed by atoms with Crippen molar-refractivity contribution in [3.8, 4) is 23.3 Å². The summed E-state index contributed by atoms with van der Waals surface area (Å²) >= 11 is 0. The molecule has 0 unspecified atom stereocenters. The molecule has 0 radical (unpaired) electrons. The summed E-state index contributed by atoms with van der Waals surface area (Å²) < 4.78 is 0. The first kappa shape index (κ1) is 21.5. The molecule has 4 aromatic rings. The van der Waals surface area contributed by atoms with Gasteiger partial charge in [0, 0.05) is 22.2 Å². The number of nitrogen functional groups attached to an aromatic ring is 1. The van der Waals surface area contributed by atoms with Crippen LogP contribution >= 0.6 is 0 Å². The fourth-order valence-corrected chi connectivity index (χ4v) is 3.98. The van der Waals surface area contributed by atoms with Crippen molar-refractivity contribution < 1.29 is 0 Å². The highest BCUT2D eigenvalue weighted by Gasteiger charge is 2.15. The number of nitrogens with two attached hydrogens (primary N) is 1. The summed E-state index contributed by atoms with van der Waals surface area (Å²) in [6.07, 6.45) is 1.88. The number of fused-ring (bicyclic) bond motifs is 1. The number of aryl methyl sites for hydroxylation is 2. The summed E-state index contributed by atoms with van der Waals surface area (Å²) in [4.78, 5) is 9.22. The molecule has 0 bridgehead atoms. The molecule has 0 aliphatic rings. The van der Waals surface area contributed by atoms with Crippen LogP contribution in [0.25, 0.3) is 28.1 Å². The van der Waals surface area contributed by atoms with Crippen LogP contribution in [-0.2, 0) is 0 Å². The van der Waals surface area contributed by atoms with Gasteiger partial charge in [-0.05, 0) is 79.4 Å². The molecule has 3 N–H and O–H groups in total. The maximum atomic E-state index is 9.11. The molecular weight excluding hydrogens is 408 g/mol. The Morgan fingerprint density at radius 2 is 1.70 bits per heavy atom. The molecule has 1 aromatic heterocycles. The zero-order valence-corrected chi connectivity index (χ0v) is 18.6. The van der Waals surface area contributed by atoms with Gasteiger partial charge in [0.25, 0.3) is 0 Å². The lowest BCUT2D eigenvalue weighted by atomic mass is 9.91. The normalized spacial score (nSPS) is 11.1. The minimum atomic E-state index is 0.386. The number of para-hydroxylation sites is 1. The van der Waals surface area contributed by atoms with E-state index >= 15 is 0 Å². The maximum absolute atomic E-state index is 9.11. The van der Waals surface area contributed by atoms with Crippen LogP contribution in [0.4, 0.5) is 17.5 Å². The number of rotatable bonds is 4. The number of nitrogens with zero attached hydrogens (tertiary/aromatic N) is 4. The topological polar surface area (TPSA) is 111 Å². The second-order valence-corrected chi connectivity index (χ2v) is 7.92. The lowest BCUT2D eigenvalue weighted by molar-refractivity contribution is 1.22. The predicted octanol–water partition coefficient (Wildman–Crippen LogP) is 6.04. The van der Waals surface area contributed by atoms with Crippen molar-refractivity contribution in [1.82, 2.24) is 9.97 Å². The van der Waals surface area contributed by atoms with Gasteiger partial charge in [0.05, 0.1) is 23.2 Å². The van der Waals surface area contributed by atoms with Crippen LogP contribution in [0.2, 0.25) is 0 Å². The minimum absolute atomic E-state index is 0.386. The molecule has 33 heavy (non-hydrogen) atoms. The Labute approximate surface area is 192 Å². The molecule has 0 aliphatic carbocycles. The van der Waals surface area contributed by atoms with Gasteiger partial charge in [0.15, 0.2) is 0 Å². The smallest absolute Gasteiger partial charge is 0.229 e. The summed E-state index contributed by atoms with van der Waals surface area (Å²) in [7, 11) is 0. The van der Waals surface area contributed by atoms with E-state index in [4.69, 9.17) is 21.2 Å². The van der Waals surface area contributed by atoms with Crippen molar-refractivity contribution in [2.75, 3.05) is 11.1 Å². The van der Waals surface area contributed by atoms with Gasteiger partial charge in [-0.2, -0.15) is 15.5 Å². The molecule has 6 nitrogen and oxygen atoms in total. The Hall–Kier alpha value is -4.68. The maximum Gasteiger partial charge on any atom is 0.229 e. The van der Waals surface area contributed by atoms with E-state index in [1.54, 1.807) is 31.2 Å². The lowest BCUT2D eigenvalue weighted by Crippen LogP contribution is -2.03. The number of hydrogen-bond donors (Lipinski definition) is 2. The van der Waals surface area contributed by atoms with E-state index in [2.05, 4.69) is 48.4 Å². The molecule has 0 amide bonds. The zero-order chi connectivity index (χ0) is 23.5. The van der Waals surface area contributed by atoms with E-state index in [1.165, 1.54) is 0 Å². The predicted molar refractivity (Wildman–Crippen MR) is 133 cm³/mol. The first-order chi connectivity index (χ1) is 15.9. The summed E-state index contributed by atoms with van der Waals surface area (Å²) in [5.74, 6) is 0.772. The minimum Gasteiger partial charge on any atom is -0.383 e. The number of nitriles is 2. The molecule has 0 saturated heterocycles. The monoisotopic (exact) mass is 430 g/mol. The quantitative estimate of drug-likeness (QED) is 0.382. The summed E-state index contributed by atoms with van der Waals surface area (Å²) in [6.45, 7) is 5.91. The number of benzene rings is 3. The summed E-state index contributed by atoms with van der Waals surface area (Å²) in [5, 5.41) is 22.1. The summed E-state index contributed by atoms with van der Waals surface area (Å²) in [5.41, 5.74) is 14.3. The Bertz CT molecular complexity index is 1460. The molecular formula is C27H22N6. The van der Waals surface area contributed by atoms with Crippen LogP contribution in [0, 0.1) is 36.5 Å². The van der Waals surface area contributed by atoms with Gasteiger partial charge in [-0.3, -0.25) is 0 Å². The van der Waals surface area contributed by atoms with Gasteiger partial charge >= 0.3 is 0 Å². The second kappa shape index (κ2) is 8.82. The number of anilines is 3. The van der Waals surface area contributed by atoms with Crippen LogP contribution in [0.3, 0.4) is 0 Å². The van der Waals surface area contributed by atoms with E-state index in [9.17, 15) is 0 Å². The molecule has 6 heteroatoms. The van der Waals surface area contributed by atoms with Crippen molar-refractivity contribution in [1.29, 1.82) is 10.5 Å². The van der Waals surface area contributed by atoms with Gasteiger partial charge < -0.3 is 11.1 Å². The Morgan fingerprint density at radius 3 is 2.33 bits per heavy atom. The van der Waals surface area contributed by atoms with Crippen LogP contribution in [0.15, 0.2) is 60.2 Å². The van der Waals surface area contributed by atoms with Gasteiger partial charge in [-0.1, -0.05) is 24.3 Å². The summed E-state index contributed by atoms with van der Waals surface area (Å²) in [6, 6.07) is 21.4. The first-order valence-corrected chi connectivity index (χ1v) is 10.4. The van der Waals surface area contributed by atoms with Crippen LogP contribution < -0.4 is 11.1 Å². The van der Waals surface area contributed by atoms with Gasteiger partial charge in [0.1, 0.15) is 5.82 Å². The van der Waals surface area contributed by atoms with Crippen molar-refractivity contribution in [2.24, 2.45) is 0 Å². The molecule has 1 heterocycles. The average molecular weight is 431 g/mol. The highest BCUT2D eigenvalue weighted by molar-refractivity contribution is 6.00. The molecule has 4 rings (SSSR count). The van der Waals surface area contributed by atoms with E-state index < -0.39 is 0 Å². The standard InChI is InChI=1S/C27H22N6/c1-16(14-28)11-20-12-17(2)24(18(3)13-20)22-5-4-6-23-25(22)32-27(33-26(23)30)31-21-9-7-19(15-29)8-10-21/h4-13H,1-3H3,(H3,30,31,32,33)/b16-11+. The fraction of sp³-hybridized carbons (Fsp3) is 0.111. The van der Waals surface area contributed by atoms with Gasteiger partial charge in [-0.15, -0.1) is 0 Å². The number of aromatic nitrogens is 2. The van der Waals surface area contributed by atoms with Crippen molar-refractivity contribution in [2.45, 2.75) is 20.8 Å². The molecule has 0 spiro atoms. The van der Waals surface area contributed by atoms with Crippen molar-refractivity contribution >= 4 is 34.4 Å². The lowest BCUT2D eigenvalue weighted by Gasteiger charge is -2.15. The number of hydrogen-bond acceptors (Lipinski definition) is 6. The van der Waals surface area contributed by atoms with Crippen LogP contribution in [0.5, 0.6) is 0 Å². The molecule has 0 saturated carbocycles. The van der Waals surface area contributed by atoms with Gasteiger partial charge in [-0.25, -0.2) is 4.98 Å². The third kappa shape index (κ3) is 4.37. The third-order valence-electron chi connectivity index (χ3n) is 5.41. The molecule has 0 aliphatic heterocycles. The van der Waals surface area contributed by atoms with E-state index in [1.807, 2.05) is 24.3 Å².